The normalized spacial score (nSPS) is 22.1. The lowest BCUT2D eigenvalue weighted by atomic mass is 10.3. The molecule has 9 heteroatoms. The van der Waals surface area contributed by atoms with Gasteiger partial charge in [-0.2, -0.15) is 13.2 Å². The number of carboxylic acids is 1. The van der Waals surface area contributed by atoms with E-state index in [1.165, 1.54) is 0 Å². The highest BCUT2D eigenvalue weighted by molar-refractivity contribution is 7.09. The lowest BCUT2D eigenvalue weighted by molar-refractivity contribution is -0.141. The summed E-state index contributed by atoms with van der Waals surface area (Å²) < 4.78 is 36.8. The molecule has 1 heterocycles. The molecule has 2 atom stereocenters. The summed E-state index contributed by atoms with van der Waals surface area (Å²) in [4.78, 5) is 25.4. The molecule has 1 aliphatic rings. The molecule has 0 radical (unpaired) electrons. The molecule has 1 amide bonds. The number of aromatic nitrogens is 1. The van der Waals surface area contributed by atoms with Crippen molar-refractivity contribution in [2.24, 2.45) is 11.8 Å². The van der Waals surface area contributed by atoms with E-state index in [1.807, 2.05) is 0 Å². The molecule has 1 aromatic heterocycles. The predicted octanol–water partition coefficient (Wildman–Crippen LogP) is 1.50. The van der Waals surface area contributed by atoms with E-state index in [4.69, 9.17) is 5.11 Å². The van der Waals surface area contributed by atoms with Gasteiger partial charge in [0.15, 0.2) is 5.69 Å². The second kappa shape index (κ2) is 4.80. The Morgan fingerprint density at radius 2 is 2.16 bits per heavy atom. The van der Waals surface area contributed by atoms with Crippen LogP contribution in [0.15, 0.2) is 5.38 Å². The van der Waals surface area contributed by atoms with Crippen molar-refractivity contribution in [3.8, 4) is 0 Å². The number of carbonyl (C=O) groups excluding carboxylic acids is 1. The SMILES string of the molecule is O=C(NCc1nc(C(F)(F)F)cs1)[C@H]1C[C@H]1C(=O)O. The Morgan fingerprint density at radius 1 is 1.47 bits per heavy atom. The molecule has 0 spiro atoms. The molecule has 0 aromatic carbocycles. The standard InChI is InChI=1S/C10H9F3N2O3S/c11-10(12,13)6-3-19-7(15-6)2-14-8(16)4-1-5(4)9(17)18/h3-5H,1-2H2,(H,14,16)(H,17,18)/t4-,5+/m0/s1. The van der Waals surface area contributed by atoms with Crippen LogP contribution in [0.3, 0.4) is 0 Å². The molecule has 1 aromatic rings. The van der Waals surface area contributed by atoms with Crippen LogP contribution in [-0.2, 0) is 22.3 Å². The Kier molecular flexibility index (Phi) is 3.48. The van der Waals surface area contributed by atoms with Crippen LogP contribution < -0.4 is 5.32 Å². The van der Waals surface area contributed by atoms with Gasteiger partial charge in [0.2, 0.25) is 5.91 Å². The van der Waals surface area contributed by atoms with Crippen LogP contribution in [0.25, 0.3) is 0 Å². The fourth-order valence-corrected chi connectivity index (χ4v) is 2.31. The van der Waals surface area contributed by atoms with Gasteiger partial charge in [-0.3, -0.25) is 9.59 Å². The number of nitrogens with zero attached hydrogens (tertiary/aromatic N) is 1. The van der Waals surface area contributed by atoms with E-state index >= 15 is 0 Å². The summed E-state index contributed by atoms with van der Waals surface area (Å²) in [7, 11) is 0. The number of nitrogens with one attached hydrogen (secondary N) is 1. The monoisotopic (exact) mass is 294 g/mol. The van der Waals surface area contributed by atoms with Crippen LogP contribution in [0, 0.1) is 11.8 Å². The lowest BCUT2D eigenvalue weighted by Crippen LogP contribution is -2.26. The number of halogens is 3. The van der Waals surface area contributed by atoms with E-state index in [2.05, 4.69) is 10.3 Å². The minimum absolute atomic E-state index is 0.123. The number of hydrogen-bond donors (Lipinski definition) is 2. The number of amides is 1. The number of carboxylic acid groups (broad SMARTS) is 1. The topological polar surface area (TPSA) is 79.3 Å². The molecule has 1 fully saturated rings. The number of carbonyl (C=O) groups is 2. The van der Waals surface area contributed by atoms with Crippen molar-refractivity contribution >= 4 is 23.2 Å². The molecule has 0 saturated heterocycles. The van der Waals surface area contributed by atoms with E-state index in [0.717, 1.165) is 16.7 Å². The maximum atomic E-state index is 12.3. The van der Waals surface area contributed by atoms with Gasteiger partial charge in [0.05, 0.1) is 18.4 Å². The summed E-state index contributed by atoms with van der Waals surface area (Å²) in [5.41, 5.74) is -0.989. The number of hydrogen-bond acceptors (Lipinski definition) is 4. The predicted molar refractivity (Wildman–Crippen MR) is 58.2 cm³/mol. The van der Waals surface area contributed by atoms with Gasteiger partial charge in [-0.25, -0.2) is 4.98 Å². The van der Waals surface area contributed by atoms with Gasteiger partial charge in [-0.05, 0) is 6.42 Å². The number of aliphatic carboxylic acids is 1. The minimum atomic E-state index is -4.50. The molecular weight excluding hydrogens is 285 g/mol. The van der Waals surface area contributed by atoms with Crippen molar-refractivity contribution in [1.29, 1.82) is 0 Å². The van der Waals surface area contributed by atoms with E-state index in [-0.39, 0.29) is 18.0 Å². The summed E-state index contributed by atoms with van der Waals surface area (Å²) >= 11 is 0.795. The number of rotatable bonds is 4. The summed E-state index contributed by atoms with van der Waals surface area (Å²) in [6.07, 6.45) is -4.23. The van der Waals surface area contributed by atoms with Gasteiger partial charge in [0.1, 0.15) is 5.01 Å². The van der Waals surface area contributed by atoms with Crippen LogP contribution in [0.5, 0.6) is 0 Å². The van der Waals surface area contributed by atoms with Gasteiger partial charge in [-0.15, -0.1) is 11.3 Å². The highest BCUT2D eigenvalue weighted by Gasteiger charge is 2.48. The largest absolute Gasteiger partial charge is 0.481 e. The summed E-state index contributed by atoms with van der Waals surface area (Å²) in [5.74, 6) is -2.76. The Bertz CT molecular complexity index is 514. The van der Waals surface area contributed by atoms with Crippen LogP contribution in [0.1, 0.15) is 17.1 Å². The van der Waals surface area contributed by atoms with Crippen molar-refractivity contribution in [2.45, 2.75) is 19.1 Å². The van der Waals surface area contributed by atoms with Crippen LogP contribution in [0.2, 0.25) is 0 Å². The first-order valence-corrected chi connectivity index (χ1v) is 6.19. The first kappa shape index (κ1) is 13.8. The second-order valence-electron chi connectivity index (χ2n) is 4.13. The third-order valence-corrected chi connectivity index (χ3v) is 3.55. The molecule has 0 unspecified atom stereocenters. The average Bonchev–Trinajstić information content (AvgIpc) is 2.96. The zero-order chi connectivity index (χ0) is 14.2. The second-order valence-corrected chi connectivity index (χ2v) is 5.07. The van der Waals surface area contributed by atoms with Gasteiger partial charge in [-0.1, -0.05) is 0 Å². The Labute approximate surface area is 109 Å². The molecule has 19 heavy (non-hydrogen) atoms. The van der Waals surface area contributed by atoms with Crippen molar-refractivity contribution in [3.63, 3.8) is 0 Å². The first-order valence-electron chi connectivity index (χ1n) is 5.31. The highest BCUT2D eigenvalue weighted by atomic mass is 32.1. The van der Waals surface area contributed by atoms with Crippen LogP contribution >= 0.6 is 11.3 Å². The third kappa shape index (κ3) is 3.22. The average molecular weight is 294 g/mol. The molecule has 0 aliphatic heterocycles. The fraction of sp³-hybridized carbons (Fsp3) is 0.500. The molecule has 104 valence electrons. The zero-order valence-corrected chi connectivity index (χ0v) is 10.2. The van der Waals surface area contributed by atoms with Gasteiger partial charge < -0.3 is 10.4 Å². The molecule has 2 rings (SSSR count). The first-order chi connectivity index (χ1) is 8.79. The van der Waals surface area contributed by atoms with Gasteiger partial charge in [0.25, 0.3) is 0 Å². The van der Waals surface area contributed by atoms with Crippen molar-refractivity contribution in [1.82, 2.24) is 10.3 Å². The molecule has 0 bridgehead atoms. The van der Waals surface area contributed by atoms with E-state index in [1.54, 1.807) is 0 Å². The minimum Gasteiger partial charge on any atom is -0.481 e. The molecule has 2 N–H and O–H groups in total. The highest BCUT2D eigenvalue weighted by Crippen LogP contribution is 2.38. The third-order valence-electron chi connectivity index (χ3n) is 2.70. The van der Waals surface area contributed by atoms with E-state index in [9.17, 15) is 22.8 Å². The van der Waals surface area contributed by atoms with Crippen LogP contribution in [0.4, 0.5) is 13.2 Å². The molecule has 1 aliphatic carbocycles. The molecule has 5 nitrogen and oxygen atoms in total. The Morgan fingerprint density at radius 3 is 2.63 bits per heavy atom. The molecular formula is C10H9F3N2O3S. The molecule has 1 saturated carbocycles. The summed E-state index contributed by atoms with van der Waals surface area (Å²) in [6, 6.07) is 0. The number of alkyl halides is 3. The zero-order valence-electron chi connectivity index (χ0n) is 9.40. The van der Waals surface area contributed by atoms with E-state index < -0.39 is 35.6 Å². The Balaban J connectivity index is 1.85. The van der Waals surface area contributed by atoms with Crippen LogP contribution in [-0.4, -0.2) is 22.0 Å². The maximum Gasteiger partial charge on any atom is 0.434 e. The van der Waals surface area contributed by atoms with Crippen molar-refractivity contribution in [2.75, 3.05) is 0 Å². The summed E-state index contributed by atoms with van der Waals surface area (Å²) in [5, 5.41) is 12.0. The van der Waals surface area contributed by atoms with Crippen molar-refractivity contribution < 1.29 is 27.9 Å². The maximum absolute atomic E-state index is 12.3. The quantitative estimate of drug-likeness (QED) is 0.882. The number of thiazole rings is 1. The summed E-state index contributed by atoms with van der Waals surface area (Å²) in [6.45, 7) is -0.123. The van der Waals surface area contributed by atoms with Gasteiger partial charge >= 0.3 is 12.1 Å². The van der Waals surface area contributed by atoms with Crippen molar-refractivity contribution in [3.05, 3.63) is 16.1 Å². The smallest absolute Gasteiger partial charge is 0.434 e. The van der Waals surface area contributed by atoms with Gasteiger partial charge in [0, 0.05) is 5.38 Å². The fourth-order valence-electron chi connectivity index (χ4n) is 1.57. The Hall–Kier alpha value is -1.64. The lowest BCUT2D eigenvalue weighted by Gasteiger charge is -2.02. The van der Waals surface area contributed by atoms with E-state index in [0.29, 0.717) is 0 Å².